The fourth-order valence-electron chi connectivity index (χ4n) is 18.4. The average molecular weight is 2000 g/mol. The van der Waals surface area contributed by atoms with Crippen LogP contribution in [0.4, 0.5) is 29.1 Å². The largest absolute Gasteiger partial charge is 0.482 e. The van der Waals surface area contributed by atoms with E-state index in [0.717, 1.165) is 69.5 Å². The van der Waals surface area contributed by atoms with E-state index in [2.05, 4.69) is 129 Å². The number of hydrogen-bond acceptors (Lipinski definition) is 33. The van der Waals surface area contributed by atoms with Crippen LogP contribution in [0.15, 0.2) is 156 Å². The van der Waals surface area contributed by atoms with E-state index >= 15 is 0 Å². The van der Waals surface area contributed by atoms with Crippen molar-refractivity contribution in [2.24, 2.45) is 35.2 Å². The molecular formula is C104H107BN28O11S2. The van der Waals surface area contributed by atoms with Gasteiger partial charge in [-0.3, -0.25) is 23.4 Å². The third-order valence-electron chi connectivity index (χ3n) is 25.8. The van der Waals surface area contributed by atoms with Gasteiger partial charge in [0, 0.05) is 141 Å². The number of aryl methyl sites for hydroxylation is 14. The molecule has 5 aliphatic rings. The van der Waals surface area contributed by atoms with Gasteiger partial charge in [0.1, 0.15) is 101 Å². The average Bonchev–Trinajstić information content (AvgIpc) is 1.27. The van der Waals surface area contributed by atoms with E-state index in [-0.39, 0.29) is 83.7 Å². The van der Waals surface area contributed by atoms with Gasteiger partial charge in [0.25, 0.3) is 0 Å². The molecule has 0 saturated heterocycles. The van der Waals surface area contributed by atoms with Crippen molar-refractivity contribution in [3.05, 3.63) is 258 Å². The summed E-state index contributed by atoms with van der Waals surface area (Å²) < 4.78 is 100. The lowest BCUT2D eigenvalue weighted by Gasteiger charge is -2.24. The molecule has 0 spiro atoms. The first-order valence-electron chi connectivity index (χ1n) is 46.7. The van der Waals surface area contributed by atoms with Gasteiger partial charge in [0.15, 0.2) is 57.8 Å². The van der Waals surface area contributed by atoms with Crippen molar-refractivity contribution in [1.29, 1.82) is 31.1 Å². The molecule has 5 aliphatic heterocycles. The van der Waals surface area contributed by atoms with Crippen molar-refractivity contribution in [2.45, 2.75) is 155 Å². The Hall–Kier alpha value is -17.2. The van der Waals surface area contributed by atoms with Crippen molar-refractivity contribution < 1.29 is 50.8 Å². The molecular weight excluding hydrogens is 1890 g/mol. The predicted octanol–water partition coefficient (Wildman–Crippen LogP) is 14.4. The SMILES string of the molecule is Cc1ccc2c(c1)[C@@H](C)Oc1cc(cnc1N)-c1c(nn(C)c1C#N)B(O)CC2.Cc1ccc2c(c1)[C@@H](C)Oc1cc(cnc1N)-c1c(nn(C)c1C#N)CCS2(=N)=O.Cc1ccc2c(c1)[C@@H](C)Oc1cc(cnc1N)-c1c(nn(C)c1C#N)CN(C)S2(=O)=O.Cc1ccc2c(c1)[C@@H](C)Oc1cc(cnc1N)-c1c(nn(C)c1C#N)OCO2.Cc1ccc2c(c1)[C@@H](C)Oc1cc(nnc1N)-c1c(nn(C)c1C#N)CCC2. The van der Waals surface area contributed by atoms with E-state index in [1.807, 2.05) is 85.7 Å². The van der Waals surface area contributed by atoms with Crippen molar-refractivity contribution >= 4 is 61.4 Å². The number of pyridine rings is 4. The summed E-state index contributed by atoms with van der Waals surface area (Å²) in [7, 11) is 2.97. The lowest BCUT2D eigenvalue weighted by atomic mass is 9.58. The standard InChI is InChI=1S/C21H22BN5O2.C21H22N6O3S.C21H22N6O2S.C21H22N6O.C20H19N5O3/c1-12-4-5-14-6-7-22(28)20-19(17(10-23)27(3)26-20)15-9-18(21(24)25-11-15)29-13(2)16(14)8-12;1-12-5-6-19-15(7-12)13(2)30-18-8-14(10-24-21(18)23)20-16(11-26(3)31(19,28)29)25-27(4)17(20)9-22;1-12-4-5-19-15(8-12)13(2)29-18-9-14(11-25-21(18)23)20-16(6-7-30(19,24)28)26-27(3)17(20)10-22;1-12-7-8-14-5-4-6-16-20(18(11-22)27(3)26-16)17-10-19(21(23)25-24-17)28-13(2)15(14)9-12;1-11-4-5-16-14(6-11)12(2)28-17-7-13(9-23-19(17)22)18-15(8-21)25(3)24-20(18)27-10-26-16/h4-5,8-9,11,13,28H,6-7H2,1-3H3,(H2,24,25);5-8,10,13H,11H2,1-4H3,(H2,23,24);4-5,8-9,11,13,24H,6-7H2,1-3H3,(H2,23,25);7-10,13H,4-6H2,1-3H3,(H2,23,25);4-7,9,12H,10H2,1-3H3,(H2,22,23)/t2*13-;13-,30?;13-;12-/m11111/s1. The molecule has 39 nitrogen and oxygen atoms in total. The summed E-state index contributed by atoms with van der Waals surface area (Å²) in [6.07, 6.45) is 8.38. The number of nitrogens with zero attached hydrogens (tertiary/aromatic N) is 22. The molecule has 146 heavy (non-hydrogen) atoms. The number of nitrogens with two attached hydrogens (primary N) is 5. The molecule has 5 aromatic carbocycles. The second-order valence-electron chi connectivity index (χ2n) is 36.3. The Bertz CT molecular complexity index is 7980. The quantitative estimate of drug-likeness (QED) is 0.0693. The van der Waals surface area contributed by atoms with Crippen LogP contribution in [0.25, 0.3) is 55.8 Å². The molecule has 0 fully saturated rings. The minimum atomic E-state index is -3.87. The number of anilines is 5. The van der Waals surface area contributed by atoms with Gasteiger partial charge in [-0.25, -0.2) is 37.3 Å². The number of hydrogen-bond donors (Lipinski definition) is 7. The Morgan fingerprint density at radius 2 is 0.774 bits per heavy atom. The van der Waals surface area contributed by atoms with Crippen LogP contribution in [-0.2, 0) is 87.2 Å². The topological polar surface area (TPSA) is 579 Å². The van der Waals surface area contributed by atoms with E-state index < -0.39 is 38.9 Å². The Kier molecular flexibility index (Phi) is 29.1. The zero-order valence-electron chi connectivity index (χ0n) is 83.3. The number of rotatable bonds is 0. The van der Waals surface area contributed by atoms with E-state index in [9.17, 15) is 44.0 Å². The van der Waals surface area contributed by atoms with E-state index in [1.165, 1.54) is 47.4 Å². The van der Waals surface area contributed by atoms with Crippen molar-refractivity contribution in [3.8, 4) is 126 Å². The smallest absolute Gasteiger partial charge is 0.347 e. The van der Waals surface area contributed by atoms with Crippen LogP contribution in [0.1, 0.15) is 184 Å². The van der Waals surface area contributed by atoms with E-state index in [0.29, 0.717) is 164 Å². The monoisotopic (exact) mass is 2000 g/mol. The molecule has 42 heteroatoms. The number of nitriles is 5. The summed E-state index contributed by atoms with van der Waals surface area (Å²) in [5.74, 6) is 4.13. The zero-order chi connectivity index (χ0) is 105. The normalized spacial score (nSPS) is 17.3. The van der Waals surface area contributed by atoms with Crippen LogP contribution in [0.2, 0.25) is 6.32 Å². The maximum atomic E-state index is 13.5. The first-order valence-corrected chi connectivity index (χ1v) is 49.8. The highest BCUT2D eigenvalue weighted by atomic mass is 32.2. The van der Waals surface area contributed by atoms with Gasteiger partial charge >= 0.3 is 6.92 Å². The fraction of sp³-hybridized carbons (Fsp3) is 0.288. The number of nitrogens with one attached hydrogen (secondary N) is 1. The molecule has 10 aromatic heterocycles. The third-order valence-corrected chi connectivity index (χ3v) is 29.6. The number of fused-ring (bicyclic) bond motifs is 25. The fourth-order valence-corrected chi connectivity index (χ4v) is 21.3. The molecule has 6 atom stereocenters. The Morgan fingerprint density at radius 3 is 1.28 bits per heavy atom. The third kappa shape index (κ3) is 20.6. The predicted molar refractivity (Wildman–Crippen MR) is 547 cm³/mol. The maximum Gasteiger partial charge on any atom is 0.347 e. The van der Waals surface area contributed by atoms with Gasteiger partial charge in [-0.2, -0.15) is 51.0 Å². The number of benzene rings is 5. The highest BCUT2D eigenvalue weighted by Crippen LogP contribution is 2.45. The molecule has 15 heterocycles. The number of sulfonamides is 1. The maximum absolute atomic E-state index is 13.5. The molecule has 10 bridgehead atoms. The van der Waals surface area contributed by atoms with Gasteiger partial charge in [-0.05, 0) is 172 Å². The molecule has 15 aromatic rings. The Morgan fingerprint density at radius 1 is 0.397 bits per heavy atom. The highest BCUT2D eigenvalue weighted by Gasteiger charge is 2.36. The lowest BCUT2D eigenvalue weighted by Crippen LogP contribution is -2.34. The Balaban J connectivity index is 0.000000131. The molecule has 0 radical (unpaired) electrons. The molecule has 12 N–H and O–H groups in total. The number of aromatic nitrogens is 16. The van der Waals surface area contributed by atoms with Gasteiger partial charge in [-0.1, -0.05) is 94.5 Å². The lowest BCUT2D eigenvalue weighted by molar-refractivity contribution is 0.110. The molecule has 0 aliphatic carbocycles. The van der Waals surface area contributed by atoms with E-state index in [1.54, 1.807) is 120 Å². The zero-order valence-corrected chi connectivity index (χ0v) is 84.9. The van der Waals surface area contributed by atoms with Crippen molar-refractivity contribution in [3.63, 3.8) is 0 Å². The van der Waals surface area contributed by atoms with Gasteiger partial charge in [0.05, 0.1) is 59.9 Å². The summed E-state index contributed by atoms with van der Waals surface area (Å²) in [5, 5.41) is 89.6. The highest BCUT2D eigenvalue weighted by molar-refractivity contribution is 7.92. The minimum absolute atomic E-state index is 0.0184. The second-order valence-corrected chi connectivity index (χ2v) is 40.5. The second kappa shape index (κ2) is 41.7. The number of ether oxygens (including phenoxy) is 7. The van der Waals surface area contributed by atoms with Crippen LogP contribution in [0.3, 0.4) is 0 Å². The molecule has 20 rings (SSSR count). The summed E-state index contributed by atoms with van der Waals surface area (Å²) in [6.45, 7) is 18.6. The summed E-state index contributed by atoms with van der Waals surface area (Å²) in [6, 6.07) is 48.7. The van der Waals surface area contributed by atoms with Crippen LogP contribution >= 0.6 is 0 Å². The van der Waals surface area contributed by atoms with Crippen molar-refractivity contribution in [1.82, 2.24) is 83.3 Å². The van der Waals surface area contributed by atoms with Crippen LogP contribution in [-0.4, -0.2) is 128 Å². The molecule has 744 valence electrons. The first-order chi connectivity index (χ1) is 69.7. The van der Waals surface area contributed by atoms with Crippen LogP contribution in [0, 0.1) is 96.1 Å². The van der Waals surface area contributed by atoms with Gasteiger partial charge in [0.2, 0.25) is 22.7 Å². The number of nitrogen functional groups attached to an aromatic ring is 5. The summed E-state index contributed by atoms with van der Waals surface area (Å²) >= 11 is 0. The Labute approximate surface area is 844 Å². The van der Waals surface area contributed by atoms with Crippen LogP contribution < -0.4 is 67.4 Å². The van der Waals surface area contributed by atoms with Gasteiger partial charge < -0.3 is 66.9 Å². The molecule has 0 saturated carbocycles. The minimum Gasteiger partial charge on any atom is -0.482 e. The van der Waals surface area contributed by atoms with Crippen molar-refractivity contribution in [2.75, 3.05) is 48.3 Å². The van der Waals surface area contributed by atoms with Crippen LogP contribution in [0.5, 0.6) is 40.4 Å². The molecule has 1 unspecified atom stereocenters. The van der Waals surface area contributed by atoms with Gasteiger partial charge in [-0.15, -0.1) is 15.3 Å². The summed E-state index contributed by atoms with van der Waals surface area (Å²) in [5.41, 5.74) is 52.3. The molecule has 0 amide bonds. The summed E-state index contributed by atoms with van der Waals surface area (Å²) in [4.78, 5) is 17.6. The van der Waals surface area contributed by atoms with E-state index in [4.69, 9.17) is 66.6 Å². The first kappa shape index (κ1) is 102.